The van der Waals surface area contributed by atoms with E-state index in [2.05, 4.69) is 205 Å². The minimum absolute atomic E-state index is 0.0376. The second-order valence-corrected chi connectivity index (χ2v) is 24.2. The van der Waals surface area contributed by atoms with Crippen molar-refractivity contribution < 1.29 is 8.78 Å². The molecule has 0 spiro atoms. The molecule has 0 unspecified atom stereocenters. The van der Waals surface area contributed by atoms with Gasteiger partial charge < -0.3 is 9.13 Å². The normalized spacial score (nSPS) is 13.1. The number of halogens is 2. The van der Waals surface area contributed by atoms with Crippen LogP contribution in [0.1, 0.15) is 156 Å². The Labute approximate surface area is 404 Å². The Morgan fingerprint density at radius 1 is 0.353 bits per heavy atom. The lowest BCUT2D eigenvalue weighted by Gasteiger charge is -2.32. The number of hydrogen-bond donors (Lipinski definition) is 0. The summed E-state index contributed by atoms with van der Waals surface area (Å²) in [5.74, 6) is -0.690. The molecule has 0 atom stereocenters. The average Bonchev–Trinajstić information content (AvgIpc) is 3.75. The fourth-order valence-corrected chi connectivity index (χ4v) is 10.6. The zero-order valence-electron chi connectivity index (χ0n) is 43.4. The van der Waals surface area contributed by atoms with Gasteiger partial charge in [0.1, 0.15) is 11.6 Å². The fourth-order valence-electron chi connectivity index (χ4n) is 10.6. The molecule has 0 aliphatic rings. The Morgan fingerprint density at radius 3 is 0.882 bits per heavy atom. The van der Waals surface area contributed by atoms with Crippen molar-refractivity contribution in [3.05, 3.63) is 166 Å². The van der Waals surface area contributed by atoms with E-state index in [-0.39, 0.29) is 45.1 Å². The lowest BCUT2D eigenvalue weighted by Crippen LogP contribution is -2.16. The summed E-state index contributed by atoms with van der Waals surface area (Å²) < 4.78 is 37.3. The van der Waals surface area contributed by atoms with Gasteiger partial charge in [-0.25, -0.2) is 8.78 Å². The standard InChI is InChI=1S/C64H70F2N2/c1-37(2)55-57(39-19-17-21-45(65)31-39)60(68-53-29-25-43(63(11,12)13)35-49(53)50-36-44(64(14,15)16)26-30-54(50)68)58(40-20-18-22-46(66)32-40)56(38(3)4)59(55)67-51-27-23-41(61(5,6)7)33-47(51)48-34-42(62(8,9)10)24-28-52(48)67/h17-38H,1-16H3. The summed E-state index contributed by atoms with van der Waals surface area (Å²) in [6.45, 7) is 36.4. The Morgan fingerprint density at radius 2 is 0.632 bits per heavy atom. The number of fused-ring (bicyclic) bond motifs is 6. The number of nitrogens with zero attached hydrogens (tertiary/aromatic N) is 2. The van der Waals surface area contributed by atoms with Gasteiger partial charge in [0.25, 0.3) is 0 Å². The van der Waals surface area contributed by atoms with Crippen molar-refractivity contribution in [2.45, 2.75) is 144 Å². The first-order chi connectivity index (χ1) is 31.8. The second kappa shape index (κ2) is 16.3. The van der Waals surface area contributed by atoms with Crippen molar-refractivity contribution in [3.63, 3.8) is 0 Å². The quantitative estimate of drug-likeness (QED) is 0.157. The average molecular weight is 905 g/mol. The number of rotatable bonds is 6. The van der Waals surface area contributed by atoms with Gasteiger partial charge in [-0.1, -0.05) is 159 Å². The first-order valence-electron chi connectivity index (χ1n) is 24.7. The van der Waals surface area contributed by atoms with Crippen LogP contribution in [0.4, 0.5) is 8.78 Å². The predicted molar refractivity (Wildman–Crippen MR) is 289 cm³/mol. The maximum Gasteiger partial charge on any atom is 0.123 e. The molecule has 9 aromatic rings. The third-order valence-corrected chi connectivity index (χ3v) is 14.3. The van der Waals surface area contributed by atoms with Crippen LogP contribution in [0.2, 0.25) is 0 Å². The van der Waals surface area contributed by atoms with Crippen LogP contribution in [-0.4, -0.2) is 9.13 Å². The summed E-state index contributed by atoms with van der Waals surface area (Å²) in [6.07, 6.45) is 0. The number of aromatic nitrogens is 2. The van der Waals surface area contributed by atoms with Gasteiger partial charge >= 0.3 is 0 Å². The first kappa shape index (κ1) is 47.1. The van der Waals surface area contributed by atoms with Crippen LogP contribution < -0.4 is 0 Å². The fraction of sp³-hybridized carbons (Fsp3) is 0.344. The molecule has 0 fully saturated rings. The van der Waals surface area contributed by atoms with Crippen LogP contribution in [0.5, 0.6) is 0 Å². The molecule has 2 aromatic heterocycles. The highest BCUT2D eigenvalue weighted by atomic mass is 19.1. The maximum atomic E-state index is 16.2. The monoisotopic (exact) mass is 905 g/mol. The van der Waals surface area contributed by atoms with Crippen molar-refractivity contribution in [1.82, 2.24) is 9.13 Å². The van der Waals surface area contributed by atoms with Crippen LogP contribution in [0.3, 0.4) is 0 Å². The van der Waals surface area contributed by atoms with Crippen molar-refractivity contribution in [2.75, 3.05) is 0 Å². The molecule has 0 radical (unpaired) electrons. The van der Waals surface area contributed by atoms with Gasteiger partial charge in [0.15, 0.2) is 0 Å². The maximum absolute atomic E-state index is 16.2. The summed E-state index contributed by atoms with van der Waals surface area (Å²) in [4.78, 5) is 0. The van der Waals surface area contributed by atoms with Crippen LogP contribution >= 0.6 is 0 Å². The molecule has 0 saturated carbocycles. The topological polar surface area (TPSA) is 9.86 Å². The lowest BCUT2D eigenvalue weighted by atomic mass is 9.79. The number of benzene rings is 7. The largest absolute Gasteiger partial charge is 0.309 e. The van der Waals surface area contributed by atoms with E-state index in [0.29, 0.717) is 0 Å². The number of hydrogen-bond acceptors (Lipinski definition) is 0. The molecule has 0 bridgehead atoms. The van der Waals surface area contributed by atoms with E-state index in [1.165, 1.54) is 45.2 Å². The Kier molecular flexibility index (Phi) is 11.3. The molecule has 350 valence electrons. The minimum atomic E-state index is -0.307. The van der Waals surface area contributed by atoms with Gasteiger partial charge in [0, 0.05) is 32.7 Å². The molecule has 9 rings (SSSR count). The van der Waals surface area contributed by atoms with Gasteiger partial charge in [-0.05, 0) is 151 Å². The zero-order valence-corrected chi connectivity index (χ0v) is 43.4. The molecule has 4 heteroatoms. The molecule has 68 heavy (non-hydrogen) atoms. The van der Waals surface area contributed by atoms with Gasteiger partial charge in [-0.2, -0.15) is 0 Å². The van der Waals surface area contributed by atoms with E-state index in [0.717, 1.165) is 77.6 Å². The minimum Gasteiger partial charge on any atom is -0.309 e. The third-order valence-electron chi connectivity index (χ3n) is 14.3. The highest BCUT2D eigenvalue weighted by Crippen LogP contribution is 2.53. The molecule has 0 saturated heterocycles. The van der Waals surface area contributed by atoms with E-state index in [4.69, 9.17) is 0 Å². The Hall–Kier alpha value is -6.00. The Balaban J connectivity index is 1.60. The van der Waals surface area contributed by atoms with Crippen molar-refractivity contribution in [2.24, 2.45) is 0 Å². The van der Waals surface area contributed by atoms with E-state index in [9.17, 15) is 0 Å². The molecule has 0 aliphatic carbocycles. The predicted octanol–water partition coefficient (Wildman–Crippen LogP) is 18.9. The van der Waals surface area contributed by atoms with Crippen molar-refractivity contribution >= 4 is 43.6 Å². The molecule has 0 aliphatic heterocycles. The van der Waals surface area contributed by atoms with E-state index >= 15 is 8.78 Å². The van der Waals surface area contributed by atoms with Crippen LogP contribution in [0.15, 0.2) is 121 Å². The van der Waals surface area contributed by atoms with Gasteiger partial charge in [0.05, 0.1) is 33.4 Å². The second-order valence-electron chi connectivity index (χ2n) is 24.2. The highest BCUT2D eigenvalue weighted by Gasteiger charge is 2.34. The highest BCUT2D eigenvalue weighted by molar-refractivity contribution is 6.13. The van der Waals surface area contributed by atoms with Crippen molar-refractivity contribution in [1.29, 1.82) is 0 Å². The smallest absolute Gasteiger partial charge is 0.123 e. The van der Waals surface area contributed by atoms with E-state index < -0.39 is 0 Å². The summed E-state index contributed by atoms with van der Waals surface area (Å²) >= 11 is 0. The van der Waals surface area contributed by atoms with Crippen LogP contribution in [0, 0.1) is 11.6 Å². The lowest BCUT2D eigenvalue weighted by molar-refractivity contribution is 0.590. The van der Waals surface area contributed by atoms with E-state index in [1.807, 2.05) is 12.1 Å². The summed E-state index contributed by atoms with van der Waals surface area (Å²) in [5.41, 5.74) is 16.6. The third kappa shape index (κ3) is 7.96. The molecule has 0 N–H and O–H groups in total. The van der Waals surface area contributed by atoms with Gasteiger partial charge in [-0.3, -0.25) is 0 Å². The molecule has 2 heterocycles. The van der Waals surface area contributed by atoms with Gasteiger partial charge in [0.2, 0.25) is 0 Å². The molecule has 0 amide bonds. The van der Waals surface area contributed by atoms with E-state index in [1.54, 1.807) is 12.1 Å². The SMILES string of the molecule is CC(C)c1c(-c2cccc(F)c2)c(-n2c3ccc(C(C)(C)C)cc3c3cc(C(C)(C)C)ccc32)c(-c2cccc(F)c2)c(C(C)C)c1-n1c2ccc(C(C)(C)C)cc2c2cc(C(C)(C)C)ccc21. The first-order valence-corrected chi connectivity index (χ1v) is 24.7. The summed E-state index contributed by atoms with van der Waals surface area (Å²) in [7, 11) is 0. The van der Waals surface area contributed by atoms with Gasteiger partial charge in [-0.15, -0.1) is 0 Å². The van der Waals surface area contributed by atoms with Crippen molar-refractivity contribution in [3.8, 4) is 33.6 Å². The molecule has 2 nitrogen and oxygen atoms in total. The molecule has 7 aromatic carbocycles. The summed E-state index contributed by atoms with van der Waals surface area (Å²) in [5, 5.41) is 4.69. The zero-order chi connectivity index (χ0) is 49.2. The summed E-state index contributed by atoms with van der Waals surface area (Å²) in [6, 6.07) is 42.1. The van der Waals surface area contributed by atoms with Crippen LogP contribution in [-0.2, 0) is 21.7 Å². The van der Waals surface area contributed by atoms with Crippen LogP contribution in [0.25, 0.3) is 77.2 Å². The molecular formula is C64H70F2N2. The molecular weight excluding hydrogens is 835 g/mol. The Bertz CT molecular complexity index is 3230.